The monoisotopic (exact) mass is 454 g/mol. The third-order valence-electron chi connectivity index (χ3n) is 4.90. The van der Waals surface area contributed by atoms with Crippen molar-refractivity contribution in [1.29, 1.82) is 0 Å². The van der Waals surface area contributed by atoms with Gasteiger partial charge >= 0.3 is 6.18 Å². The number of halogens is 3. The number of hydrogen-bond donors (Lipinski definition) is 0. The molecule has 1 aliphatic rings. The third-order valence-corrected chi connectivity index (χ3v) is 6.86. The van der Waals surface area contributed by atoms with Crippen LogP contribution in [0.2, 0.25) is 0 Å². The van der Waals surface area contributed by atoms with E-state index in [1.54, 1.807) is 30.3 Å². The molecule has 2 aromatic rings. The standard InChI is InChI=1S/C21H21F3N2O4S/c1-30-18-8-4-2-6-16(18)10-11-20(27)25-12-14-26(15-13-25)31(28,29)19-9-5-3-7-17(19)21(22,23)24/h2-11H,12-15H2,1H3. The van der Waals surface area contributed by atoms with Crippen LogP contribution in [0.15, 0.2) is 59.5 Å². The number of piperazine rings is 1. The van der Waals surface area contributed by atoms with Crippen molar-refractivity contribution in [2.45, 2.75) is 11.1 Å². The first kappa shape index (κ1) is 22.8. The molecule has 0 N–H and O–H groups in total. The second kappa shape index (κ2) is 9.11. The van der Waals surface area contributed by atoms with Crippen LogP contribution in [-0.2, 0) is 21.0 Å². The first-order chi connectivity index (χ1) is 14.6. The number of rotatable bonds is 5. The summed E-state index contributed by atoms with van der Waals surface area (Å²) >= 11 is 0. The Labute approximate surface area is 178 Å². The van der Waals surface area contributed by atoms with Crippen LogP contribution >= 0.6 is 0 Å². The average molecular weight is 454 g/mol. The van der Waals surface area contributed by atoms with E-state index in [4.69, 9.17) is 4.74 Å². The van der Waals surface area contributed by atoms with E-state index in [1.807, 2.05) is 0 Å². The lowest BCUT2D eigenvalue weighted by Crippen LogP contribution is -2.50. The van der Waals surface area contributed by atoms with Crippen molar-refractivity contribution in [2.24, 2.45) is 0 Å². The Morgan fingerprint density at radius 1 is 1.00 bits per heavy atom. The number of hydrogen-bond acceptors (Lipinski definition) is 4. The van der Waals surface area contributed by atoms with Crippen molar-refractivity contribution in [2.75, 3.05) is 33.3 Å². The van der Waals surface area contributed by atoms with E-state index >= 15 is 0 Å². The van der Waals surface area contributed by atoms with Gasteiger partial charge in [0.1, 0.15) is 5.75 Å². The maximum absolute atomic E-state index is 13.2. The molecule has 166 valence electrons. The van der Waals surface area contributed by atoms with Crippen LogP contribution in [0.4, 0.5) is 13.2 Å². The number of sulfonamides is 1. The lowest BCUT2D eigenvalue weighted by molar-refractivity contribution is -0.139. The summed E-state index contributed by atoms with van der Waals surface area (Å²) in [6.07, 6.45) is -1.82. The Kier molecular flexibility index (Phi) is 6.71. The Balaban J connectivity index is 1.69. The van der Waals surface area contributed by atoms with E-state index in [2.05, 4.69) is 0 Å². The molecule has 0 radical (unpaired) electrons. The molecule has 0 unspecified atom stereocenters. The summed E-state index contributed by atoms with van der Waals surface area (Å²) in [5.41, 5.74) is -0.489. The molecule has 1 amide bonds. The maximum atomic E-state index is 13.2. The van der Waals surface area contributed by atoms with E-state index in [0.717, 1.165) is 22.5 Å². The molecule has 0 aromatic heterocycles. The van der Waals surface area contributed by atoms with Crippen LogP contribution in [0, 0.1) is 0 Å². The van der Waals surface area contributed by atoms with Gasteiger partial charge < -0.3 is 9.64 Å². The number of ether oxygens (including phenoxy) is 1. The van der Waals surface area contributed by atoms with Crippen LogP contribution in [0.25, 0.3) is 6.08 Å². The summed E-state index contributed by atoms with van der Waals surface area (Å²) < 4.78 is 71.5. The summed E-state index contributed by atoms with van der Waals surface area (Å²) in [5.74, 6) is 0.282. The minimum Gasteiger partial charge on any atom is -0.496 e. The third kappa shape index (κ3) is 5.08. The molecule has 2 aromatic carbocycles. The van der Waals surface area contributed by atoms with Gasteiger partial charge in [-0.15, -0.1) is 0 Å². The van der Waals surface area contributed by atoms with Gasteiger partial charge in [0, 0.05) is 37.8 Å². The van der Waals surface area contributed by atoms with E-state index in [9.17, 15) is 26.4 Å². The van der Waals surface area contributed by atoms with Crippen LogP contribution in [0.5, 0.6) is 5.75 Å². The van der Waals surface area contributed by atoms with Crippen molar-refractivity contribution in [3.8, 4) is 5.75 Å². The van der Waals surface area contributed by atoms with Gasteiger partial charge in [-0.3, -0.25) is 4.79 Å². The molecule has 0 saturated carbocycles. The van der Waals surface area contributed by atoms with Gasteiger partial charge in [-0.2, -0.15) is 17.5 Å². The fourth-order valence-electron chi connectivity index (χ4n) is 3.28. The van der Waals surface area contributed by atoms with Crippen LogP contribution in [-0.4, -0.2) is 56.8 Å². The fourth-order valence-corrected chi connectivity index (χ4v) is 4.92. The Morgan fingerprint density at radius 3 is 2.26 bits per heavy atom. The number of amides is 1. The van der Waals surface area contributed by atoms with Crippen molar-refractivity contribution < 1.29 is 31.1 Å². The first-order valence-corrected chi connectivity index (χ1v) is 10.8. The Bertz CT molecular complexity index is 1080. The van der Waals surface area contributed by atoms with E-state index in [0.29, 0.717) is 11.3 Å². The zero-order chi connectivity index (χ0) is 22.6. The average Bonchev–Trinajstić information content (AvgIpc) is 2.77. The zero-order valence-corrected chi connectivity index (χ0v) is 17.5. The highest BCUT2D eigenvalue weighted by atomic mass is 32.2. The van der Waals surface area contributed by atoms with Gasteiger partial charge in [0.15, 0.2) is 0 Å². The number of benzene rings is 2. The topological polar surface area (TPSA) is 66.9 Å². The highest BCUT2D eigenvalue weighted by molar-refractivity contribution is 7.89. The molecule has 3 rings (SSSR count). The van der Waals surface area contributed by atoms with E-state index in [-0.39, 0.29) is 32.1 Å². The molecule has 10 heteroatoms. The van der Waals surface area contributed by atoms with Gasteiger partial charge in [-0.05, 0) is 24.3 Å². The second-order valence-electron chi connectivity index (χ2n) is 6.80. The molecule has 6 nitrogen and oxygen atoms in total. The quantitative estimate of drug-likeness (QED) is 0.651. The van der Waals surface area contributed by atoms with Crippen molar-refractivity contribution in [3.63, 3.8) is 0 Å². The summed E-state index contributed by atoms with van der Waals surface area (Å²) in [4.78, 5) is 13.1. The van der Waals surface area contributed by atoms with Crippen LogP contribution in [0.3, 0.4) is 0 Å². The summed E-state index contributed by atoms with van der Waals surface area (Å²) in [5, 5.41) is 0. The molecule has 0 aliphatic carbocycles. The Hall–Kier alpha value is -2.85. The Morgan fingerprint density at radius 2 is 1.61 bits per heavy atom. The maximum Gasteiger partial charge on any atom is 0.417 e. The molecular formula is C21H21F3N2O4S. The van der Waals surface area contributed by atoms with Crippen molar-refractivity contribution in [3.05, 3.63) is 65.7 Å². The molecule has 1 saturated heterocycles. The first-order valence-electron chi connectivity index (χ1n) is 9.41. The second-order valence-corrected chi connectivity index (χ2v) is 8.70. The minimum atomic E-state index is -4.79. The van der Waals surface area contributed by atoms with Crippen molar-refractivity contribution >= 4 is 22.0 Å². The van der Waals surface area contributed by atoms with Crippen molar-refractivity contribution in [1.82, 2.24) is 9.21 Å². The molecule has 31 heavy (non-hydrogen) atoms. The lowest BCUT2D eigenvalue weighted by Gasteiger charge is -2.33. The number of para-hydroxylation sites is 1. The summed E-state index contributed by atoms with van der Waals surface area (Å²) in [6, 6.07) is 11.2. The molecular weight excluding hydrogens is 433 g/mol. The number of nitrogens with zero attached hydrogens (tertiary/aromatic N) is 2. The normalized spacial score (nSPS) is 15.9. The largest absolute Gasteiger partial charge is 0.496 e. The van der Waals surface area contributed by atoms with E-state index < -0.39 is 26.7 Å². The smallest absolute Gasteiger partial charge is 0.417 e. The van der Waals surface area contributed by atoms with Gasteiger partial charge in [-0.25, -0.2) is 8.42 Å². The predicted octanol–water partition coefficient (Wildman–Crippen LogP) is 3.26. The molecule has 1 heterocycles. The number of carbonyl (C=O) groups excluding carboxylic acids is 1. The van der Waals surface area contributed by atoms with Crippen LogP contribution in [0.1, 0.15) is 11.1 Å². The predicted molar refractivity (Wildman–Crippen MR) is 109 cm³/mol. The van der Waals surface area contributed by atoms with E-state index in [1.165, 1.54) is 24.2 Å². The lowest BCUT2D eigenvalue weighted by atomic mass is 10.2. The zero-order valence-electron chi connectivity index (χ0n) is 16.7. The van der Waals surface area contributed by atoms with Gasteiger partial charge in [0.2, 0.25) is 15.9 Å². The number of methoxy groups -OCH3 is 1. The molecule has 0 atom stereocenters. The van der Waals surface area contributed by atoms with Gasteiger partial charge in [0.25, 0.3) is 0 Å². The summed E-state index contributed by atoms with van der Waals surface area (Å²) in [6.45, 7) is -0.0451. The fraction of sp³-hybridized carbons (Fsp3) is 0.286. The van der Waals surface area contributed by atoms with Crippen LogP contribution < -0.4 is 4.74 Å². The van der Waals surface area contributed by atoms with Gasteiger partial charge in [-0.1, -0.05) is 30.3 Å². The van der Waals surface area contributed by atoms with Gasteiger partial charge in [0.05, 0.1) is 17.6 Å². The molecule has 0 bridgehead atoms. The number of alkyl halides is 3. The molecule has 1 fully saturated rings. The summed E-state index contributed by atoms with van der Waals surface area (Å²) in [7, 11) is -2.83. The molecule has 1 aliphatic heterocycles. The SMILES string of the molecule is COc1ccccc1C=CC(=O)N1CCN(S(=O)(=O)c2ccccc2C(F)(F)F)CC1. The molecule has 0 spiro atoms. The highest BCUT2D eigenvalue weighted by Crippen LogP contribution is 2.35. The minimum absolute atomic E-state index is 0.0719. The highest BCUT2D eigenvalue weighted by Gasteiger charge is 2.39. The number of carbonyl (C=O) groups is 1.